The van der Waals surface area contributed by atoms with Crippen molar-refractivity contribution in [1.29, 1.82) is 5.26 Å². The van der Waals surface area contributed by atoms with Crippen LogP contribution in [0.4, 0.5) is 10.5 Å². The lowest BCUT2D eigenvalue weighted by molar-refractivity contribution is 0.0435. The number of rotatable bonds is 4. The summed E-state index contributed by atoms with van der Waals surface area (Å²) >= 11 is 0. The highest BCUT2D eigenvalue weighted by Gasteiger charge is 2.12. The standard InChI is InChI=1S/C13H14N2O4/c1-3-18-13(17)15-11-6-4-5-10(7-11)12(16)19-9(2)8-14/h4-7,9H,3H2,1-2H3,(H,15,17). The fourth-order valence-electron chi connectivity index (χ4n) is 1.26. The molecule has 19 heavy (non-hydrogen) atoms. The van der Waals surface area contributed by atoms with Crippen LogP contribution >= 0.6 is 0 Å². The van der Waals surface area contributed by atoms with Crippen molar-refractivity contribution >= 4 is 17.7 Å². The number of carbonyl (C=O) groups excluding carboxylic acids is 2. The molecule has 1 atom stereocenters. The van der Waals surface area contributed by atoms with E-state index in [0.717, 1.165) is 0 Å². The van der Waals surface area contributed by atoms with Crippen LogP contribution in [0.3, 0.4) is 0 Å². The first-order valence-electron chi connectivity index (χ1n) is 5.71. The van der Waals surface area contributed by atoms with Crippen LogP contribution in [-0.4, -0.2) is 24.8 Å². The van der Waals surface area contributed by atoms with E-state index < -0.39 is 18.2 Å². The zero-order valence-corrected chi connectivity index (χ0v) is 10.7. The Bertz CT molecular complexity index is 508. The maximum atomic E-state index is 11.7. The summed E-state index contributed by atoms with van der Waals surface area (Å²) < 4.78 is 9.57. The van der Waals surface area contributed by atoms with E-state index in [-0.39, 0.29) is 12.2 Å². The third-order valence-corrected chi connectivity index (χ3v) is 2.09. The number of nitrogens with zero attached hydrogens (tertiary/aromatic N) is 1. The molecule has 1 unspecified atom stereocenters. The number of amides is 1. The highest BCUT2D eigenvalue weighted by atomic mass is 16.5. The second-order valence-electron chi connectivity index (χ2n) is 3.60. The maximum absolute atomic E-state index is 11.7. The Morgan fingerprint density at radius 1 is 1.47 bits per heavy atom. The molecule has 0 bridgehead atoms. The molecule has 0 saturated carbocycles. The van der Waals surface area contributed by atoms with Gasteiger partial charge in [-0.3, -0.25) is 5.32 Å². The second-order valence-corrected chi connectivity index (χ2v) is 3.60. The summed E-state index contributed by atoms with van der Waals surface area (Å²) in [4.78, 5) is 22.9. The molecule has 0 aliphatic heterocycles. The monoisotopic (exact) mass is 262 g/mol. The lowest BCUT2D eigenvalue weighted by Crippen LogP contribution is -2.15. The summed E-state index contributed by atoms with van der Waals surface area (Å²) in [5.74, 6) is -0.624. The molecule has 0 aliphatic rings. The van der Waals surface area contributed by atoms with E-state index in [1.54, 1.807) is 25.1 Å². The van der Waals surface area contributed by atoms with Crippen molar-refractivity contribution in [1.82, 2.24) is 0 Å². The van der Waals surface area contributed by atoms with E-state index in [4.69, 9.17) is 14.7 Å². The van der Waals surface area contributed by atoms with E-state index in [9.17, 15) is 9.59 Å². The number of hydrogen-bond donors (Lipinski definition) is 1. The molecule has 0 aromatic heterocycles. The number of esters is 1. The van der Waals surface area contributed by atoms with Crippen LogP contribution in [0.15, 0.2) is 24.3 Å². The molecule has 100 valence electrons. The Morgan fingerprint density at radius 3 is 2.84 bits per heavy atom. The van der Waals surface area contributed by atoms with Gasteiger partial charge in [0.2, 0.25) is 0 Å². The van der Waals surface area contributed by atoms with E-state index in [1.807, 2.05) is 0 Å². The van der Waals surface area contributed by atoms with E-state index in [2.05, 4.69) is 5.32 Å². The van der Waals surface area contributed by atoms with Gasteiger partial charge in [-0.15, -0.1) is 0 Å². The summed E-state index contributed by atoms with van der Waals surface area (Å²) in [7, 11) is 0. The van der Waals surface area contributed by atoms with Gasteiger partial charge in [-0.2, -0.15) is 5.26 Å². The maximum Gasteiger partial charge on any atom is 0.411 e. The van der Waals surface area contributed by atoms with Gasteiger partial charge >= 0.3 is 12.1 Å². The molecule has 1 aromatic rings. The SMILES string of the molecule is CCOC(=O)Nc1cccc(C(=O)OC(C)C#N)c1. The van der Waals surface area contributed by atoms with E-state index in [0.29, 0.717) is 5.69 Å². The van der Waals surface area contributed by atoms with Crippen LogP contribution in [0.25, 0.3) is 0 Å². The zero-order valence-electron chi connectivity index (χ0n) is 10.7. The van der Waals surface area contributed by atoms with Gasteiger partial charge in [-0.25, -0.2) is 9.59 Å². The first kappa shape index (κ1) is 14.5. The number of carbonyl (C=O) groups is 2. The fraction of sp³-hybridized carbons (Fsp3) is 0.308. The van der Waals surface area contributed by atoms with Crippen LogP contribution in [0.5, 0.6) is 0 Å². The van der Waals surface area contributed by atoms with Crippen molar-refractivity contribution < 1.29 is 19.1 Å². The van der Waals surface area contributed by atoms with Crippen LogP contribution in [-0.2, 0) is 9.47 Å². The van der Waals surface area contributed by atoms with E-state index >= 15 is 0 Å². The summed E-state index contributed by atoms with van der Waals surface area (Å²) in [6.07, 6.45) is -1.42. The Balaban J connectivity index is 2.74. The van der Waals surface area contributed by atoms with Gasteiger partial charge in [0, 0.05) is 5.69 Å². The molecule has 0 fully saturated rings. The van der Waals surface area contributed by atoms with Crippen LogP contribution in [0.1, 0.15) is 24.2 Å². The lowest BCUT2D eigenvalue weighted by Gasteiger charge is -2.08. The van der Waals surface area contributed by atoms with Crippen molar-refractivity contribution in [3.63, 3.8) is 0 Å². The molecule has 1 amide bonds. The van der Waals surface area contributed by atoms with Gasteiger partial charge in [0.25, 0.3) is 0 Å². The molecule has 0 saturated heterocycles. The topological polar surface area (TPSA) is 88.4 Å². The number of ether oxygens (including phenoxy) is 2. The average molecular weight is 262 g/mol. The minimum Gasteiger partial charge on any atom is -0.450 e. The van der Waals surface area contributed by atoms with E-state index in [1.165, 1.54) is 19.1 Å². The van der Waals surface area contributed by atoms with Crippen LogP contribution in [0.2, 0.25) is 0 Å². The minimum absolute atomic E-state index is 0.247. The summed E-state index contributed by atoms with van der Waals surface area (Å²) in [6, 6.07) is 7.98. The predicted molar refractivity (Wildman–Crippen MR) is 67.6 cm³/mol. The molecule has 1 N–H and O–H groups in total. The zero-order chi connectivity index (χ0) is 14.3. The second kappa shape index (κ2) is 7.01. The number of nitrogens with one attached hydrogen (secondary N) is 1. The molecular formula is C13H14N2O4. The Labute approximate surface area is 110 Å². The molecule has 0 heterocycles. The average Bonchev–Trinajstić information content (AvgIpc) is 2.39. The molecule has 6 nitrogen and oxygen atoms in total. The van der Waals surface area contributed by atoms with Crippen molar-refractivity contribution in [2.45, 2.75) is 20.0 Å². The third-order valence-electron chi connectivity index (χ3n) is 2.09. The molecular weight excluding hydrogens is 248 g/mol. The lowest BCUT2D eigenvalue weighted by atomic mass is 10.2. The third kappa shape index (κ3) is 4.68. The number of nitriles is 1. The van der Waals surface area contributed by atoms with Gasteiger partial charge in [-0.05, 0) is 32.0 Å². The van der Waals surface area contributed by atoms with Gasteiger partial charge in [0.15, 0.2) is 6.10 Å². The van der Waals surface area contributed by atoms with Crippen molar-refractivity contribution in [3.8, 4) is 6.07 Å². The highest BCUT2D eigenvalue weighted by Crippen LogP contribution is 2.12. The Hall–Kier alpha value is -2.55. The largest absolute Gasteiger partial charge is 0.450 e. The van der Waals surface area contributed by atoms with Crippen molar-refractivity contribution in [2.75, 3.05) is 11.9 Å². The fourth-order valence-corrected chi connectivity index (χ4v) is 1.26. The van der Waals surface area contributed by atoms with Gasteiger partial charge in [-0.1, -0.05) is 6.07 Å². The molecule has 6 heteroatoms. The summed E-state index contributed by atoms with van der Waals surface area (Å²) in [5.41, 5.74) is 0.661. The highest BCUT2D eigenvalue weighted by molar-refractivity contribution is 5.92. The van der Waals surface area contributed by atoms with Crippen LogP contribution < -0.4 is 5.32 Å². The predicted octanol–water partition coefficient (Wildman–Crippen LogP) is 2.32. The first-order valence-corrected chi connectivity index (χ1v) is 5.71. The van der Waals surface area contributed by atoms with Crippen LogP contribution in [0, 0.1) is 11.3 Å². The first-order chi connectivity index (χ1) is 9.06. The quantitative estimate of drug-likeness (QED) is 0.841. The normalized spacial score (nSPS) is 11.0. The molecule has 0 aliphatic carbocycles. The van der Waals surface area contributed by atoms with Crippen molar-refractivity contribution in [3.05, 3.63) is 29.8 Å². The molecule has 1 aromatic carbocycles. The number of hydrogen-bond acceptors (Lipinski definition) is 5. The Kier molecular flexibility index (Phi) is 5.35. The molecule has 0 spiro atoms. The smallest absolute Gasteiger partial charge is 0.411 e. The molecule has 1 rings (SSSR count). The summed E-state index contributed by atoms with van der Waals surface area (Å²) in [5, 5.41) is 11.0. The summed E-state index contributed by atoms with van der Waals surface area (Å²) in [6.45, 7) is 3.42. The van der Waals surface area contributed by atoms with Gasteiger partial charge in [0.05, 0.1) is 12.2 Å². The number of benzene rings is 1. The minimum atomic E-state index is -0.825. The van der Waals surface area contributed by atoms with Gasteiger partial charge in [0.1, 0.15) is 6.07 Å². The Morgan fingerprint density at radius 2 is 2.21 bits per heavy atom. The number of anilines is 1. The van der Waals surface area contributed by atoms with Gasteiger partial charge < -0.3 is 9.47 Å². The van der Waals surface area contributed by atoms with Crippen molar-refractivity contribution in [2.24, 2.45) is 0 Å². The molecule has 0 radical (unpaired) electrons.